The zero-order chi connectivity index (χ0) is 18.8. The third kappa shape index (κ3) is 3.54. The van der Waals surface area contributed by atoms with E-state index in [-0.39, 0.29) is 23.9 Å². The van der Waals surface area contributed by atoms with Gasteiger partial charge in [-0.1, -0.05) is 18.2 Å². The van der Waals surface area contributed by atoms with Gasteiger partial charge in [-0.25, -0.2) is 4.68 Å². The first kappa shape index (κ1) is 17.9. The number of rotatable bonds is 5. The normalized spacial score (nSPS) is 11.3. The molecule has 6 heteroatoms. The second-order valence-electron chi connectivity index (χ2n) is 6.73. The molecule has 3 rings (SSSR count). The van der Waals surface area contributed by atoms with Gasteiger partial charge in [-0.05, 0) is 39.0 Å². The van der Waals surface area contributed by atoms with E-state index >= 15 is 0 Å². The predicted octanol–water partition coefficient (Wildman–Crippen LogP) is 2.81. The number of aromatic nitrogens is 2. The Morgan fingerprint density at radius 1 is 1.19 bits per heavy atom. The molecule has 0 aliphatic carbocycles. The molecule has 0 unspecified atom stereocenters. The van der Waals surface area contributed by atoms with Gasteiger partial charge in [0.1, 0.15) is 11.5 Å². The quantitative estimate of drug-likeness (QED) is 0.707. The molecule has 0 atom stereocenters. The van der Waals surface area contributed by atoms with Crippen LogP contribution in [-0.2, 0) is 24.8 Å². The van der Waals surface area contributed by atoms with Gasteiger partial charge in [0.2, 0.25) is 5.91 Å². The number of hydrogen-bond donors (Lipinski definition) is 0. The van der Waals surface area contributed by atoms with Crippen LogP contribution in [-0.4, -0.2) is 26.6 Å². The second kappa shape index (κ2) is 7.15. The third-order valence-corrected chi connectivity index (χ3v) is 4.42. The highest BCUT2D eigenvalue weighted by molar-refractivity contribution is 5.88. The molecule has 0 N–H and O–H groups in total. The Labute approximate surface area is 152 Å². The minimum Gasteiger partial charge on any atom is -0.464 e. The van der Waals surface area contributed by atoms with Gasteiger partial charge in [0.15, 0.2) is 0 Å². The largest absolute Gasteiger partial charge is 0.464 e. The topological polar surface area (TPSA) is 68.3 Å². The molecule has 0 saturated heterocycles. The fraction of sp³-hybridized carbons (Fsp3) is 0.350. The molecule has 2 heterocycles. The van der Waals surface area contributed by atoms with Crippen molar-refractivity contribution in [3.8, 4) is 0 Å². The van der Waals surface area contributed by atoms with Crippen molar-refractivity contribution in [2.75, 3.05) is 0 Å². The van der Waals surface area contributed by atoms with Gasteiger partial charge in [-0.15, -0.1) is 0 Å². The van der Waals surface area contributed by atoms with Gasteiger partial charge < -0.3 is 9.32 Å². The third-order valence-electron chi connectivity index (χ3n) is 4.42. The van der Waals surface area contributed by atoms with Gasteiger partial charge in [0.25, 0.3) is 5.56 Å². The number of nitrogens with zero attached hydrogens (tertiary/aromatic N) is 3. The molecule has 0 bridgehead atoms. The first-order valence-corrected chi connectivity index (χ1v) is 8.66. The molecule has 136 valence electrons. The first-order chi connectivity index (χ1) is 12.4. The molecule has 0 aliphatic rings. The van der Waals surface area contributed by atoms with E-state index in [1.54, 1.807) is 18.0 Å². The summed E-state index contributed by atoms with van der Waals surface area (Å²) in [5.41, 5.74) is 0.442. The van der Waals surface area contributed by atoms with Crippen LogP contribution in [0.3, 0.4) is 0 Å². The maximum atomic E-state index is 13.0. The number of benzene rings is 1. The van der Waals surface area contributed by atoms with Gasteiger partial charge in [-0.2, -0.15) is 5.10 Å². The number of hydrogen-bond acceptors (Lipinski definition) is 4. The van der Waals surface area contributed by atoms with Gasteiger partial charge >= 0.3 is 0 Å². The molecule has 1 aromatic carbocycles. The standard InChI is InChI=1S/C20H23N3O3/c1-13(2)23(12-15-10-9-14(3)26-15)19(24)11-18-16-7-5-6-8-17(16)20(25)22(4)21-18/h5-10,13H,11-12H2,1-4H3. The highest BCUT2D eigenvalue weighted by Gasteiger charge is 2.21. The molecule has 3 aromatic rings. The lowest BCUT2D eigenvalue weighted by atomic mass is 10.1. The number of aryl methyl sites for hydroxylation is 2. The van der Waals surface area contributed by atoms with E-state index in [4.69, 9.17) is 4.42 Å². The van der Waals surface area contributed by atoms with Crippen molar-refractivity contribution in [1.82, 2.24) is 14.7 Å². The van der Waals surface area contributed by atoms with Crippen LogP contribution in [0.4, 0.5) is 0 Å². The van der Waals surface area contributed by atoms with Crippen molar-refractivity contribution in [2.45, 2.75) is 39.8 Å². The Hall–Kier alpha value is -2.89. The SMILES string of the molecule is Cc1ccc(CN(C(=O)Cc2nn(C)c(=O)c3ccccc23)C(C)C)o1. The van der Waals surface area contributed by atoms with E-state index in [0.717, 1.165) is 16.9 Å². The van der Waals surface area contributed by atoms with Crippen LogP contribution in [0.25, 0.3) is 10.8 Å². The molecule has 0 fully saturated rings. The molecule has 0 saturated carbocycles. The van der Waals surface area contributed by atoms with Gasteiger partial charge in [-0.3, -0.25) is 9.59 Å². The lowest BCUT2D eigenvalue weighted by molar-refractivity contribution is -0.133. The molecule has 1 amide bonds. The van der Waals surface area contributed by atoms with Crippen LogP contribution in [0.2, 0.25) is 0 Å². The molecule has 6 nitrogen and oxygen atoms in total. The minimum absolute atomic E-state index is 0.0201. The lowest BCUT2D eigenvalue weighted by Crippen LogP contribution is -2.38. The summed E-state index contributed by atoms with van der Waals surface area (Å²) in [5.74, 6) is 1.52. The van der Waals surface area contributed by atoms with Crippen molar-refractivity contribution in [1.29, 1.82) is 0 Å². The molecule has 26 heavy (non-hydrogen) atoms. The summed E-state index contributed by atoms with van der Waals surface area (Å²) in [6.45, 7) is 6.24. The molecule has 0 aliphatic heterocycles. The zero-order valence-corrected chi connectivity index (χ0v) is 15.5. The summed E-state index contributed by atoms with van der Waals surface area (Å²) in [4.78, 5) is 27.0. The molecule has 2 aromatic heterocycles. The van der Waals surface area contributed by atoms with E-state index in [2.05, 4.69) is 5.10 Å². The van der Waals surface area contributed by atoms with E-state index < -0.39 is 0 Å². The predicted molar refractivity (Wildman–Crippen MR) is 99.8 cm³/mol. The summed E-state index contributed by atoms with van der Waals surface area (Å²) in [6, 6.07) is 11.1. The van der Waals surface area contributed by atoms with Crippen LogP contribution in [0.1, 0.15) is 31.1 Å². The fourth-order valence-corrected chi connectivity index (χ4v) is 3.05. The van der Waals surface area contributed by atoms with Crippen LogP contribution in [0.15, 0.2) is 45.6 Å². The molecular formula is C20H23N3O3. The van der Waals surface area contributed by atoms with Crippen LogP contribution in [0, 0.1) is 6.92 Å². The average Bonchev–Trinajstić information content (AvgIpc) is 3.02. The van der Waals surface area contributed by atoms with Crippen molar-refractivity contribution in [2.24, 2.45) is 7.05 Å². The number of carbonyl (C=O) groups excluding carboxylic acids is 1. The van der Waals surface area contributed by atoms with Crippen LogP contribution < -0.4 is 5.56 Å². The molecular weight excluding hydrogens is 330 g/mol. The Morgan fingerprint density at radius 2 is 1.88 bits per heavy atom. The van der Waals surface area contributed by atoms with E-state index in [1.165, 1.54) is 4.68 Å². The highest BCUT2D eigenvalue weighted by atomic mass is 16.3. The maximum absolute atomic E-state index is 13.0. The Balaban J connectivity index is 1.91. The van der Waals surface area contributed by atoms with E-state index in [0.29, 0.717) is 17.6 Å². The van der Waals surface area contributed by atoms with Crippen molar-refractivity contribution < 1.29 is 9.21 Å². The Bertz CT molecular complexity index is 1000. The van der Waals surface area contributed by atoms with Crippen LogP contribution >= 0.6 is 0 Å². The first-order valence-electron chi connectivity index (χ1n) is 8.66. The van der Waals surface area contributed by atoms with Crippen LogP contribution in [0.5, 0.6) is 0 Å². The molecule has 0 radical (unpaired) electrons. The summed E-state index contributed by atoms with van der Waals surface area (Å²) >= 11 is 0. The van der Waals surface area contributed by atoms with Crippen molar-refractivity contribution >= 4 is 16.7 Å². The smallest absolute Gasteiger partial charge is 0.274 e. The monoisotopic (exact) mass is 353 g/mol. The fourth-order valence-electron chi connectivity index (χ4n) is 3.05. The average molecular weight is 353 g/mol. The zero-order valence-electron chi connectivity index (χ0n) is 15.5. The van der Waals surface area contributed by atoms with Gasteiger partial charge in [0, 0.05) is 18.5 Å². The number of amides is 1. The van der Waals surface area contributed by atoms with Crippen molar-refractivity contribution in [3.63, 3.8) is 0 Å². The van der Waals surface area contributed by atoms with E-state index in [1.807, 2.05) is 51.1 Å². The summed E-state index contributed by atoms with van der Waals surface area (Å²) < 4.78 is 6.91. The maximum Gasteiger partial charge on any atom is 0.274 e. The number of furan rings is 1. The number of carbonyl (C=O) groups is 1. The molecule has 0 spiro atoms. The van der Waals surface area contributed by atoms with E-state index in [9.17, 15) is 9.59 Å². The highest BCUT2D eigenvalue weighted by Crippen LogP contribution is 2.17. The van der Waals surface area contributed by atoms with Crippen molar-refractivity contribution in [3.05, 3.63) is 64.0 Å². The Kier molecular flexibility index (Phi) is 4.93. The summed E-state index contributed by atoms with van der Waals surface area (Å²) in [7, 11) is 1.61. The minimum atomic E-state index is -0.163. The summed E-state index contributed by atoms with van der Waals surface area (Å²) in [6.07, 6.45) is 0.131. The second-order valence-corrected chi connectivity index (χ2v) is 6.73. The number of fused-ring (bicyclic) bond motifs is 1. The summed E-state index contributed by atoms with van der Waals surface area (Å²) in [5, 5.41) is 5.63. The van der Waals surface area contributed by atoms with Gasteiger partial charge in [0.05, 0.1) is 24.0 Å². The Morgan fingerprint density at radius 3 is 2.50 bits per heavy atom. The lowest BCUT2D eigenvalue weighted by Gasteiger charge is -2.26.